The molecule has 4 nitrogen and oxygen atoms in total. The van der Waals surface area contributed by atoms with Crippen LogP contribution in [0.4, 0.5) is 5.69 Å². The van der Waals surface area contributed by atoms with Crippen LogP contribution >= 0.6 is 15.9 Å². The van der Waals surface area contributed by atoms with Gasteiger partial charge < -0.3 is 9.64 Å². The minimum absolute atomic E-state index is 0.133. The van der Waals surface area contributed by atoms with Gasteiger partial charge in [-0.05, 0) is 64.5 Å². The molecule has 2 aliphatic rings. The molecule has 0 saturated heterocycles. The minimum Gasteiger partial charge on any atom is -0.491 e. The molecule has 0 radical (unpaired) electrons. The number of halogens is 1. The summed E-state index contributed by atoms with van der Waals surface area (Å²) in [5.41, 5.74) is 2.87. The van der Waals surface area contributed by atoms with Crippen LogP contribution in [-0.4, -0.2) is 25.3 Å². The van der Waals surface area contributed by atoms with E-state index in [0.29, 0.717) is 46.1 Å². The molecule has 0 bridgehead atoms. The molecule has 0 N–H and O–H groups in total. The van der Waals surface area contributed by atoms with Crippen molar-refractivity contribution in [1.29, 1.82) is 0 Å². The Morgan fingerprint density at radius 1 is 1.21 bits per heavy atom. The van der Waals surface area contributed by atoms with Crippen molar-refractivity contribution in [3.63, 3.8) is 0 Å². The lowest BCUT2D eigenvalue weighted by atomic mass is 10.1. The third-order valence-electron chi connectivity index (χ3n) is 4.54. The van der Waals surface area contributed by atoms with Crippen LogP contribution in [0, 0.1) is 0 Å². The SMILES string of the molecule is O=Cc1c(Br)cccc1N1CCOc2cc(C3CC3)ccc2C1=O. The molecule has 1 aliphatic carbocycles. The van der Waals surface area contributed by atoms with E-state index in [1.165, 1.54) is 18.4 Å². The lowest BCUT2D eigenvalue weighted by molar-refractivity contribution is 0.0990. The molecule has 1 aliphatic heterocycles. The first-order valence-corrected chi connectivity index (χ1v) is 8.80. The maximum Gasteiger partial charge on any atom is 0.262 e. The Kier molecular flexibility index (Phi) is 3.88. The molecule has 4 rings (SSSR count). The van der Waals surface area contributed by atoms with Crippen LogP contribution in [0.25, 0.3) is 0 Å². The number of amides is 1. The summed E-state index contributed by atoms with van der Waals surface area (Å²) in [7, 11) is 0. The van der Waals surface area contributed by atoms with E-state index in [2.05, 4.69) is 15.9 Å². The van der Waals surface area contributed by atoms with Crippen LogP contribution in [-0.2, 0) is 0 Å². The topological polar surface area (TPSA) is 46.6 Å². The molecule has 0 atom stereocenters. The Morgan fingerprint density at radius 2 is 2.04 bits per heavy atom. The van der Waals surface area contributed by atoms with Crippen molar-refractivity contribution < 1.29 is 14.3 Å². The summed E-state index contributed by atoms with van der Waals surface area (Å²) in [5.74, 6) is 1.13. The molecule has 1 heterocycles. The van der Waals surface area contributed by atoms with Crippen LogP contribution in [0.15, 0.2) is 40.9 Å². The zero-order valence-corrected chi connectivity index (χ0v) is 14.6. The number of benzene rings is 2. The second-order valence-corrected chi connectivity index (χ2v) is 6.98. The van der Waals surface area contributed by atoms with Crippen LogP contribution in [0.5, 0.6) is 5.75 Å². The smallest absolute Gasteiger partial charge is 0.262 e. The highest BCUT2D eigenvalue weighted by molar-refractivity contribution is 9.10. The average molecular weight is 386 g/mol. The molecule has 1 fully saturated rings. The molecular weight excluding hydrogens is 370 g/mol. The van der Waals surface area contributed by atoms with Crippen molar-refractivity contribution in [3.05, 3.63) is 57.6 Å². The van der Waals surface area contributed by atoms with Crippen molar-refractivity contribution in [2.45, 2.75) is 18.8 Å². The van der Waals surface area contributed by atoms with Crippen LogP contribution in [0.3, 0.4) is 0 Å². The zero-order chi connectivity index (χ0) is 16.7. The van der Waals surface area contributed by atoms with Gasteiger partial charge in [0.05, 0.1) is 23.4 Å². The number of aldehydes is 1. The zero-order valence-electron chi connectivity index (χ0n) is 13.0. The van der Waals surface area contributed by atoms with Gasteiger partial charge in [0.15, 0.2) is 6.29 Å². The first kappa shape index (κ1) is 15.4. The fraction of sp³-hybridized carbons (Fsp3) is 0.263. The molecule has 5 heteroatoms. The normalized spacial score (nSPS) is 17.0. The monoisotopic (exact) mass is 385 g/mol. The molecule has 0 unspecified atom stereocenters. The van der Waals surface area contributed by atoms with E-state index < -0.39 is 0 Å². The summed E-state index contributed by atoms with van der Waals surface area (Å²) in [6.07, 6.45) is 3.19. The average Bonchev–Trinajstić information content (AvgIpc) is 3.43. The molecule has 24 heavy (non-hydrogen) atoms. The Balaban J connectivity index is 1.75. The van der Waals surface area contributed by atoms with Gasteiger partial charge in [-0.1, -0.05) is 12.1 Å². The second-order valence-electron chi connectivity index (χ2n) is 6.13. The highest BCUT2D eigenvalue weighted by Crippen LogP contribution is 2.42. The molecule has 122 valence electrons. The van der Waals surface area contributed by atoms with Crippen molar-refractivity contribution in [2.24, 2.45) is 0 Å². The summed E-state index contributed by atoms with van der Waals surface area (Å²) in [6.45, 7) is 0.807. The number of hydrogen-bond acceptors (Lipinski definition) is 3. The van der Waals surface area contributed by atoms with Crippen LogP contribution in [0.2, 0.25) is 0 Å². The van der Waals surface area contributed by atoms with Gasteiger partial charge in [0.25, 0.3) is 5.91 Å². The van der Waals surface area contributed by atoms with Crippen molar-refractivity contribution in [1.82, 2.24) is 0 Å². The molecule has 1 saturated carbocycles. The van der Waals surface area contributed by atoms with E-state index >= 15 is 0 Å². The van der Waals surface area contributed by atoms with Crippen LogP contribution in [0.1, 0.15) is 45.0 Å². The second kappa shape index (κ2) is 6.06. The molecule has 1 amide bonds. The summed E-state index contributed by atoms with van der Waals surface area (Å²) >= 11 is 3.38. The number of nitrogens with zero attached hydrogens (tertiary/aromatic N) is 1. The fourth-order valence-electron chi connectivity index (χ4n) is 3.11. The molecule has 2 aromatic carbocycles. The van der Waals surface area contributed by atoms with E-state index in [-0.39, 0.29) is 5.91 Å². The molecule has 0 aromatic heterocycles. The lowest BCUT2D eigenvalue weighted by Crippen LogP contribution is -2.33. The summed E-state index contributed by atoms with van der Waals surface area (Å²) < 4.78 is 6.51. The van der Waals surface area contributed by atoms with E-state index in [1.54, 1.807) is 17.0 Å². The Morgan fingerprint density at radius 3 is 2.79 bits per heavy atom. The first-order chi connectivity index (χ1) is 11.7. The number of rotatable bonds is 3. The van der Waals surface area contributed by atoms with Gasteiger partial charge in [-0.15, -0.1) is 0 Å². The van der Waals surface area contributed by atoms with Crippen molar-refractivity contribution in [3.8, 4) is 5.75 Å². The highest BCUT2D eigenvalue weighted by atomic mass is 79.9. The summed E-state index contributed by atoms with van der Waals surface area (Å²) in [5, 5.41) is 0. The molecule has 2 aromatic rings. The predicted molar refractivity (Wildman–Crippen MR) is 95.1 cm³/mol. The van der Waals surface area contributed by atoms with Crippen molar-refractivity contribution in [2.75, 3.05) is 18.1 Å². The van der Waals surface area contributed by atoms with Gasteiger partial charge in [0.1, 0.15) is 12.4 Å². The van der Waals surface area contributed by atoms with Gasteiger partial charge in [0, 0.05) is 4.47 Å². The lowest BCUT2D eigenvalue weighted by Gasteiger charge is -2.22. The quantitative estimate of drug-likeness (QED) is 0.744. The van der Waals surface area contributed by atoms with E-state index in [9.17, 15) is 9.59 Å². The number of carbonyl (C=O) groups excluding carboxylic acids is 2. The number of anilines is 1. The van der Waals surface area contributed by atoms with Crippen molar-refractivity contribution >= 4 is 33.8 Å². The van der Waals surface area contributed by atoms with E-state index in [0.717, 1.165) is 6.29 Å². The third kappa shape index (κ3) is 2.63. The van der Waals surface area contributed by atoms with Gasteiger partial charge in [0.2, 0.25) is 0 Å². The fourth-order valence-corrected chi connectivity index (χ4v) is 3.56. The van der Waals surface area contributed by atoms with Gasteiger partial charge in [-0.25, -0.2) is 0 Å². The number of fused-ring (bicyclic) bond motifs is 1. The van der Waals surface area contributed by atoms with E-state index in [1.807, 2.05) is 24.3 Å². The standard InChI is InChI=1S/C19H16BrNO3/c20-16-2-1-3-17(15(16)11-22)21-8-9-24-18-10-13(12-4-5-12)6-7-14(18)19(21)23/h1-3,6-7,10-12H,4-5,8-9H2. The predicted octanol–water partition coefficient (Wildman–Crippen LogP) is 4.18. The minimum atomic E-state index is -0.133. The maximum atomic E-state index is 13.0. The van der Waals surface area contributed by atoms with Gasteiger partial charge >= 0.3 is 0 Å². The van der Waals surface area contributed by atoms with Gasteiger partial charge in [-0.3, -0.25) is 9.59 Å². The van der Waals surface area contributed by atoms with Gasteiger partial charge in [-0.2, -0.15) is 0 Å². The maximum absolute atomic E-state index is 13.0. The number of ether oxygens (including phenoxy) is 1. The Labute approximate surface area is 148 Å². The van der Waals surface area contributed by atoms with Crippen LogP contribution < -0.4 is 9.64 Å². The summed E-state index contributed by atoms with van der Waals surface area (Å²) in [4.78, 5) is 26.1. The van der Waals surface area contributed by atoms with E-state index in [4.69, 9.17) is 4.74 Å². The molecule has 0 spiro atoms. The molecular formula is C19H16BrNO3. The Hall–Kier alpha value is -2.14. The Bertz CT molecular complexity index is 829. The first-order valence-electron chi connectivity index (χ1n) is 8.01. The third-order valence-corrected chi connectivity index (χ3v) is 5.23. The highest BCUT2D eigenvalue weighted by Gasteiger charge is 2.29. The largest absolute Gasteiger partial charge is 0.491 e. The number of carbonyl (C=O) groups is 2. The number of hydrogen-bond donors (Lipinski definition) is 0. The summed E-state index contributed by atoms with van der Waals surface area (Å²) in [6, 6.07) is 11.3.